The molecule has 3 aromatic rings. The van der Waals surface area contributed by atoms with E-state index in [0.717, 1.165) is 16.3 Å². The second kappa shape index (κ2) is 7.76. The molecule has 1 amide bonds. The van der Waals surface area contributed by atoms with Crippen molar-refractivity contribution < 1.29 is 9.53 Å². The molecule has 0 atom stereocenters. The lowest BCUT2D eigenvalue weighted by Crippen LogP contribution is -2.27. The van der Waals surface area contributed by atoms with E-state index >= 15 is 0 Å². The Hall–Kier alpha value is -2.05. The quantitative estimate of drug-likeness (QED) is 0.337. The normalized spacial score (nSPS) is 15.7. The largest absolute Gasteiger partial charge is 0.496 e. The van der Waals surface area contributed by atoms with Crippen LogP contribution in [-0.4, -0.2) is 17.3 Å². The number of halogens is 2. The summed E-state index contributed by atoms with van der Waals surface area (Å²) in [5.74, 6) is 0.488. The monoisotopic (exact) mass is 445 g/mol. The van der Waals surface area contributed by atoms with Crippen LogP contribution in [0.15, 0.2) is 59.5 Å². The van der Waals surface area contributed by atoms with Crippen LogP contribution in [0.4, 0.5) is 5.69 Å². The summed E-state index contributed by atoms with van der Waals surface area (Å²) in [5.41, 5.74) is 1.43. The van der Waals surface area contributed by atoms with Gasteiger partial charge in [0.25, 0.3) is 5.91 Å². The average Bonchev–Trinajstić information content (AvgIpc) is 2.97. The molecule has 1 heterocycles. The lowest BCUT2D eigenvalue weighted by Gasteiger charge is -2.15. The van der Waals surface area contributed by atoms with Crippen molar-refractivity contribution in [3.8, 4) is 5.75 Å². The first kappa shape index (κ1) is 19.3. The number of anilines is 1. The van der Waals surface area contributed by atoms with E-state index in [1.165, 1.54) is 16.7 Å². The zero-order valence-corrected chi connectivity index (χ0v) is 17.8. The molecule has 0 aromatic heterocycles. The van der Waals surface area contributed by atoms with Crippen LogP contribution in [0, 0.1) is 0 Å². The lowest BCUT2D eigenvalue weighted by molar-refractivity contribution is -0.113. The molecule has 4 rings (SSSR count). The van der Waals surface area contributed by atoms with Crippen molar-refractivity contribution in [1.82, 2.24) is 0 Å². The standard InChI is InChI=1S/C21H13Cl2NO2S2/c1-26-18-9-6-12-4-2-3-5-14(12)15(18)11-19-20(25)24(21(27)28-19)13-7-8-16(22)17(23)10-13/h2-11H,1H3/b19-11-. The van der Waals surface area contributed by atoms with Gasteiger partial charge < -0.3 is 4.74 Å². The molecule has 1 aliphatic rings. The molecule has 0 N–H and O–H groups in total. The van der Waals surface area contributed by atoms with Crippen molar-refractivity contribution in [1.29, 1.82) is 0 Å². The molecule has 1 aliphatic heterocycles. The molecular formula is C21H13Cl2NO2S2. The maximum atomic E-state index is 13.1. The summed E-state index contributed by atoms with van der Waals surface area (Å²) in [4.78, 5) is 15.1. The molecule has 140 valence electrons. The van der Waals surface area contributed by atoms with E-state index in [9.17, 15) is 4.79 Å². The molecule has 1 saturated heterocycles. The molecule has 0 unspecified atom stereocenters. The minimum absolute atomic E-state index is 0.205. The number of hydrogen-bond acceptors (Lipinski definition) is 4. The van der Waals surface area contributed by atoms with E-state index in [2.05, 4.69) is 0 Å². The Morgan fingerprint density at radius 2 is 1.86 bits per heavy atom. The number of ether oxygens (including phenoxy) is 1. The number of nitrogens with zero attached hydrogens (tertiary/aromatic N) is 1. The van der Waals surface area contributed by atoms with Crippen LogP contribution in [0.5, 0.6) is 5.75 Å². The van der Waals surface area contributed by atoms with Crippen LogP contribution >= 0.6 is 47.2 Å². The first-order valence-electron chi connectivity index (χ1n) is 8.28. The topological polar surface area (TPSA) is 29.5 Å². The average molecular weight is 446 g/mol. The van der Waals surface area contributed by atoms with Crippen LogP contribution in [0.2, 0.25) is 10.0 Å². The van der Waals surface area contributed by atoms with Crippen molar-refractivity contribution in [2.24, 2.45) is 0 Å². The highest BCUT2D eigenvalue weighted by Crippen LogP contribution is 2.40. The van der Waals surface area contributed by atoms with Crippen molar-refractivity contribution in [3.63, 3.8) is 0 Å². The molecule has 0 saturated carbocycles. The minimum atomic E-state index is -0.205. The first-order valence-corrected chi connectivity index (χ1v) is 10.3. The fourth-order valence-corrected chi connectivity index (χ4v) is 4.62. The number of hydrogen-bond donors (Lipinski definition) is 0. The number of carbonyl (C=O) groups excluding carboxylic acids is 1. The van der Waals surface area contributed by atoms with Crippen LogP contribution in [0.3, 0.4) is 0 Å². The van der Waals surface area contributed by atoms with E-state index in [0.29, 0.717) is 30.7 Å². The van der Waals surface area contributed by atoms with Gasteiger partial charge in [-0.15, -0.1) is 0 Å². The Balaban J connectivity index is 1.80. The number of rotatable bonds is 3. The molecule has 0 bridgehead atoms. The van der Waals surface area contributed by atoms with Gasteiger partial charge >= 0.3 is 0 Å². The second-order valence-electron chi connectivity index (χ2n) is 6.02. The van der Waals surface area contributed by atoms with Gasteiger partial charge in [-0.3, -0.25) is 9.69 Å². The number of amides is 1. The van der Waals surface area contributed by atoms with Crippen molar-refractivity contribution in [3.05, 3.63) is 75.1 Å². The minimum Gasteiger partial charge on any atom is -0.496 e. The summed E-state index contributed by atoms with van der Waals surface area (Å²) in [6.07, 6.45) is 1.83. The second-order valence-corrected chi connectivity index (χ2v) is 8.51. The highest BCUT2D eigenvalue weighted by atomic mass is 35.5. The van der Waals surface area contributed by atoms with Crippen LogP contribution in [-0.2, 0) is 4.79 Å². The van der Waals surface area contributed by atoms with Gasteiger partial charge in [0.1, 0.15) is 5.75 Å². The predicted molar refractivity (Wildman–Crippen MR) is 123 cm³/mol. The lowest BCUT2D eigenvalue weighted by atomic mass is 10.0. The highest BCUT2D eigenvalue weighted by Gasteiger charge is 2.34. The fourth-order valence-electron chi connectivity index (χ4n) is 3.05. The Bertz CT molecular complexity index is 1160. The van der Waals surface area contributed by atoms with Gasteiger partial charge in [-0.1, -0.05) is 77.5 Å². The summed E-state index contributed by atoms with van der Waals surface area (Å²) in [7, 11) is 1.61. The van der Waals surface area contributed by atoms with Crippen molar-refractivity contribution in [2.75, 3.05) is 12.0 Å². The molecule has 0 spiro atoms. The number of fused-ring (bicyclic) bond motifs is 1. The van der Waals surface area contributed by atoms with Gasteiger partial charge in [-0.05, 0) is 41.1 Å². The Morgan fingerprint density at radius 1 is 1.07 bits per heavy atom. The molecule has 7 heteroatoms. The smallest absolute Gasteiger partial charge is 0.270 e. The molecule has 28 heavy (non-hydrogen) atoms. The van der Waals surface area contributed by atoms with Gasteiger partial charge in [-0.25, -0.2) is 0 Å². The van der Waals surface area contributed by atoms with Gasteiger partial charge in [0.15, 0.2) is 4.32 Å². The SMILES string of the molecule is COc1ccc2ccccc2c1/C=C1\SC(=S)N(c2ccc(Cl)c(Cl)c2)C1=O. The van der Waals surface area contributed by atoms with Crippen LogP contribution in [0.25, 0.3) is 16.8 Å². The third-order valence-corrected chi connectivity index (χ3v) is 6.42. The van der Waals surface area contributed by atoms with Gasteiger partial charge in [0, 0.05) is 5.56 Å². The number of carbonyl (C=O) groups is 1. The van der Waals surface area contributed by atoms with Gasteiger partial charge in [-0.2, -0.15) is 0 Å². The van der Waals surface area contributed by atoms with E-state index in [-0.39, 0.29) is 5.91 Å². The molecule has 3 nitrogen and oxygen atoms in total. The van der Waals surface area contributed by atoms with Gasteiger partial charge in [0.05, 0.1) is 27.7 Å². The molecule has 0 radical (unpaired) electrons. The predicted octanol–water partition coefficient (Wildman–Crippen LogP) is 6.56. The third kappa shape index (κ3) is 3.40. The van der Waals surface area contributed by atoms with Gasteiger partial charge in [0.2, 0.25) is 0 Å². The van der Waals surface area contributed by atoms with E-state index in [4.69, 9.17) is 40.2 Å². The number of benzene rings is 3. The summed E-state index contributed by atoms with van der Waals surface area (Å²) < 4.78 is 5.96. The molecule has 1 fully saturated rings. The summed E-state index contributed by atoms with van der Waals surface area (Å²) >= 11 is 18.8. The first-order chi connectivity index (χ1) is 13.5. The van der Waals surface area contributed by atoms with E-state index in [1.807, 2.05) is 42.5 Å². The van der Waals surface area contributed by atoms with E-state index in [1.54, 1.807) is 25.3 Å². The maximum Gasteiger partial charge on any atom is 0.270 e. The zero-order valence-electron chi connectivity index (χ0n) is 14.6. The molecular weight excluding hydrogens is 433 g/mol. The number of thioether (sulfide) groups is 1. The van der Waals surface area contributed by atoms with Crippen molar-refractivity contribution in [2.45, 2.75) is 0 Å². The molecule has 0 aliphatic carbocycles. The van der Waals surface area contributed by atoms with Crippen LogP contribution in [0.1, 0.15) is 5.56 Å². The zero-order chi connectivity index (χ0) is 19.8. The summed E-state index contributed by atoms with van der Waals surface area (Å²) in [5, 5.41) is 2.86. The van der Waals surface area contributed by atoms with E-state index < -0.39 is 0 Å². The Morgan fingerprint density at radius 3 is 2.61 bits per heavy atom. The third-order valence-electron chi connectivity index (χ3n) is 4.38. The Kier molecular flexibility index (Phi) is 5.34. The number of thiocarbonyl (C=S) groups is 1. The molecule has 3 aromatic carbocycles. The fraction of sp³-hybridized carbons (Fsp3) is 0.0476. The van der Waals surface area contributed by atoms with Crippen LogP contribution < -0.4 is 9.64 Å². The van der Waals surface area contributed by atoms with Crippen molar-refractivity contribution >= 4 is 79.9 Å². The summed E-state index contributed by atoms with van der Waals surface area (Å²) in [6, 6.07) is 16.9. The highest BCUT2D eigenvalue weighted by molar-refractivity contribution is 8.27. The summed E-state index contributed by atoms with van der Waals surface area (Å²) in [6.45, 7) is 0. The maximum absolute atomic E-state index is 13.1. The Labute approximate surface area is 181 Å². The number of methoxy groups -OCH3 is 1.